The smallest absolute Gasteiger partial charge is 0.419 e. The number of alkyl halides is 3. The van der Waals surface area contributed by atoms with Gasteiger partial charge in [-0.05, 0) is 25.2 Å². The second-order valence-electron chi connectivity index (χ2n) is 4.67. The molecule has 6 heteroatoms. The van der Waals surface area contributed by atoms with Crippen LogP contribution in [0.5, 0.6) is 6.01 Å². The summed E-state index contributed by atoms with van der Waals surface area (Å²) >= 11 is 0. The first-order chi connectivity index (χ1) is 8.47. The first-order valence-corrected chi connectivity index (χ1v) is 6.02. The molecule has 1 heterocycles. The second-order valence-corrected chi connectivity index (χ2v) is 4.67. The predicted octanol–water partition coefficient (Wildman–Crippen LogP) is 3.45. The van der Waals surface area contributed by atoms with E-state index in [0.717, 1.165) is 31.7 Å². The van der Waals surface area contributed by atoms with Crippen molar-refractivity contribution >= 4 is 0 Å². The summed E-state index contributed by atoms with van der Waals surface area (Å²) in [6.07, 6.45) is 1.36. The summed E-state index contributed by atoms with van der Waals surface area (Å²) in [5.74, 6) is 0.393. The van der Waals surface area contributed by atoms with Crippen LogP contribution >= 0.6 is 0 Å². The molecule has 0 amide bonds. The Hall–Kier alpha value is -1.33. The van der Waals surface area contributed by atoms with Crippen molar-refractivity contribution in [3.05, 3.63) is 18.0 Å². The van der Waals surface area contributed by atoms with Gasteiger partial charge >= 0.3 is 12.2 Å². The molecule has 0 spiro atoms. The van der Waals surface area contributed by atoms with Crippen molar-refractivity contribution in [2.24, 2.45) is 5.92 Å². The Morgan fingerprint density at radius 2 is 1.78 bits per heavy atom. The lowest BCUT2D eigenvalue weighted by Crippen LogP contribution is -2.29. The molecule has 18 heavy (non-hydrogen) atoms. The van der Waals surface area contributed by atoms with Gasteiger partial charge in [0.2, 0.25) is 0 Å². The lowest BCUT2D eigenvalue weighted by atomic mass is 9.88. The molecule has 0 radical (unpaired) electrons. The molecule has 1 fully saturated rings. The van der Waals surface area contributed by atoms with Gasteiger partial charge in [0.25, 0.3) is 0 Å². The van der Waals surface area contributed by atoms with Crippen LogP contribution in [0.1, 0.15) is 38.2 Å². The zero-order chi connectivity index (χ0) is 13.2. The summed E-state index contributed by atoms with van der Waals surface area (Å²) in [5.41, 5.74) is -0.855. The highest BCUT2D eigenvalue weighted by atomic mass is 19.4. The summed E-state index contributed by atoms with van der Waals surface area (Å²) in [6.45, 7) is 2.08. The molecule has 1 aromatic rings. The monoisotopic (exact) mass is 260 g/mol. The predicted molar refractivity (Wildman–Crippen MR) is 59.1 cm³/mol. The summed E-state index contributed by atoms with van der Waals surface area (Å²) in [4.78, 5) is 7.24. The van der Waals surface area contributed by atoms with E-state index in [9.17, 15) is 13.2 Å². The summed E-state index contributed by atoms with van der Waals surface area (Å²) in [6, 6.07) is 0.0294. The van der Waals surface area contributed by atoms with Crippen LogP contribution in [0.2, 0.25) is 0 Å². The third-order valence-electron chi connectivity index (χ3n) is 3.25. The Kier molecular flexibility index (Phi) is 3.73. The normalized spacial score (nSPS) is 24.9. The Bertz CT molecular complexity index is 391. The number of rotatable bonds is 2. The van der Waals surface area contributed by atoms with Crippen LogP contribution in [0.4, 0.5) is 13.2 Å². The maximum absolute atomic E-state index is 12.3. The molecule has 0 bridgehead atoms. The van der Waals surface area contributed by atoms with Crippen LogP contribution in [0.25, 0.3) is 0 Å². The van der Waals surface area contributed by atoms with Crippen LogP contribution in [0.3, 0.4) is 0 Å². The fraction of sp³-hybridized carbons (Fsp3) is 0.667. The molecular formula is C12H15F3N2O. The first kappa shape index (κ1) is 13.1. The van der Waals surface area contributed by atoms with Crippen molar-refractivity contribution in [3.63, 3.8) is 0 Å². The minimum Gasteiger partial charge on any atom is -0.460 e. The van der Waals surface area contributed by atoms with Crippen molar-refractivity contribution in [2.75, 3.05) is 0 Å². The summed E-state index contributed by atoms with van der Waals surface area (Å²) < 4.78 is 42.5. The van der Waals surface area contributed by atoms with Gasteiger partial charge < -0.3 is 4.74 Å². The van der Waals surface area contributed by atoms with Gasteiger partial charge in [0, 0.05) is 12.4 Å². The highest BCUT2D eigenvalue weighted by Gasteiger charge is 2.31. The lowest BCUT2D eigenvalue weighted by Gasteiger charge is -2.28. The van der Waals surface area contributed by atoms with Gasteiger partial charge in [0.05, 0.1) is 5.56 Å². The van der Waals surface area contributed by atoms with Gasteiger partial charge in [-0.2, -0.15) is 13.2 Å². The van der Waals surface area contributed by atoms with E-state index in [0.29, 0.717) is 5.92 Å². The molecule has 2 atom stereocenters. The van der Waals surface area contributed by atoms with Gasteiger partial charge in [-0.3, -0.25) is 0 Å². The molecule has 0 aromatic carbocycles. The maximum atomic E-state index is 12.3. The second kappa shape index (κ2) is 5.12. The molecular weight excluding hydrogens is 245 g/mol. The van der Waals surface area contributed by atoms with Crippen molar-refractivity contribution in [3.8, 4) is 6.01 Å². The molecule has 0 aliphatic heterocycles. The Morgan fingerprint density at radius 1 is 1.17 bits per heavy atom. The average molecular weight is 260 g/mol. The fourth-order valence-corrected chi connectivity index (χ4v) is 2.12. The van der Waals surface area contributed by atoms with E-state index in [1.807, 2.05) is 0 Å². The number of nitrogens with zero attached hydrogens (tertiary/aromatic N) is 2. The molecule has 0 saturated heterocycles. The highest BCUT2D eigenvalue weighted by Crippen LogP contribution is 2.29. The van der Waals surface area contributed by atoms with Crippen molar-refractivity contribution in [2.45, 2.75) is 44.9 Å². The van der Waals surface area contributed by atoms with Crippen LogP contribution in [-0.4, -0.2) is 16.1 Å². The first-order valence-electron chi connectivity index (χ1n) is 6.02. The van der Waals surface area contributed by atoms with Gasteiger partial charge in [0.15, 0.2) is 0 Å². The molecule has 0 N–H and O–H groups in total. The molecule has 0 unspecified atom stereocenters. The third-order valence-corrected chi connectivity index (χ3v) is 3.25. The van der Waals surface area contributed by atoms with E-state index in [1.165, 1.54) is 6.42 Å². The van der Waals surface area contributed by atoms with E-state index in [-0.39, 0.29) is 12.1 Å². The molecule has 3 nitrogen and oxygen atoms in total. The number of hydrogen-bond donors (Lipinski definition) is 0. The quantitative estimate of drug-likeness (QED) is 0.816. The minimum absolute atomic E-state index is 0.00971. The van der Waals surface area contributed by atoms with Gasteiger partial charge in [-0.1, -0.05) is 13.3 Å². The Balaban J connectivity index is 2.02. The maximum Gasteiger partial charge on any atom is 0.419 e. The molecule has 2 rings (SSSR count). The largest absolute Gasteiger partial charge is 0.460 e. The fourth-order valence-electron chi connectivity index (χ4n) is 2.12. The Labute approximate surface area is 103 Å². The Morgan fingerprint density at radius 3 is 2.33 bits per heavy atom. The number of hydrogen-bond acceptors (Lipinski definition) is 3. The third kappa shape index (κ3) is 3.11. The summed E-state index contributed by atoms with van der Waals surface area (Å²) in [7, 11) is 0. The van der Waals surface area contributed by atoms with Gasteiger partial charge in [-0.25, -0.2) is 9.97 Å². The van der Waals surface area contributed by atoms with Crippen LogP contribution in [0, 0.1) is 5.92 Å². The SMILES string of the molecule is C[C@@H]1CCCC[C@@H]1Oc1ncc(C(F)(F)F)cn1. The summed E-state index contributed by atoms with van der Waals surface area (Å²) in [5, 5.41) is 0. The molecule has 100 valence electrons. The topological polar surface area (TPSA) is 35.0 Å². The van der Waals surface area contributed by atoms with E-state index in [1.54, 1.807) is 0 Å². The number of aromatic nitrogens is 2. The van der Waals surface area contributed by atoms with Crippen LogP contribution in [0.15, 0.2) is 12.4 Å². The van der Waals surface area contributed by atoms with Crippen molar-refractivity contribution in [1.29, 1.82) is 0 Å². The van der Waals surface area contributed by atoms with Crippen LogP contribution in [-0.2, 0) is 6.18 Å². The van der Waals surface area contributed by atoms with E-state index in [4.69, 9.17) is 4.74 Å². The van der Waals surface area contributed by atoms with E-state index in [2.05, 4.69) is 16.9 Å². The van der Waals surface area contributed by atoms with Crippen LogP contribution < -0.4 is 4.74 Å². The van der Waals surface area contributed by atoms with E-state index < -0.39 is 11.7 Å². The van der Waals surface area contributed by atoms with Gasteiger partial charge in [0.1, 0.15) is 6.10 Å². The molecule has 1 aliphatic rings. The zero-order valence-electron chi connectivity index (χ0n) is 10.1. The van der Waals surface area contributed by atoms with Gasteiger partial charge in [-0.15, -0.1) is 0 Å². The highest BCUT2D eigenvalue weighted by molar-refractivity contribution is 5.11. The average Bonchev–Trinajstić information content (AvgIpc) is 2.32. The number of halogens is 3. The van der Waals surface area contributed by atoms with Crippen molar-refractivity contribution < 1.29 is 17.9 Å². The molecule has 1 saturated carbocycles. The number of ether oxygens (including phenoxy) is 1. The zero-order valence-corrected chi connectivity index (χ0v) is 10.1. The standard InChI is InChI=1S/C12H15F3N2O/c1-8-4-2-3-5-10(8)18-11-16-6-9(7-17-11)12(13,14)15/h6-8,10H,2-5H2,1H3/t8-,10+/m1/s1. The lowest BCUT2D eigenvalue weighted by molar-refractivity contribution is -0.138. The minimum atomic E-state index is -4.41. The van der Waals surface area contributed by atoms with Crippen molar-refractivity contribution in [1.82, 2.24) is 9.97 Å². The van der Waals surface area contributed by atoms with E-state index >= 15 is 0 Å². The molecule has 1 aliphatic carbocycles. The molecule has 1 aromatic heterocycles.